The van der Waals surface area contributed by atoms with Crippen LogP contribution < -0.4 is 5.73 Å². The highest BCUT2D eigenvalue weighted by Crippen LogP contribution is 2.22. The molecule has 0 fully saturated rings. The van der Waals surface area contributed by atoms with Crippen LogP contribution in [0, 0.1) is 5.92 Å². The fraction of sp³-hybridized carbons (Fsp3) is 0.533. The molecule has 1 unspecified atom stereocenters. The molecule has 0 bridgehead atoms. The van der Waals surface area contributed by atoms with Crippen LogP contribution >= 0.6 is 0 Å². The summed E-state index contributed by atoms with van der Waals surface area (Å²) in [4.78, 5) is 4.71. The van der Waals surface area contributed by atoms with Gasteiger partial charge in [-0.25, -0.2) is 4.98 Å². The summed E-state index contributed by atoms with van der Waals surface area (Å²) in [5, 5.41) is 0. The van der Waals surface area contributed by atoms with E-state index in [0.717, 1.165) is 24.3 Å². The largest absolute Gasteiger partial charge is 0.326 e. The van der Waals surface area contributed by atoms with E-state index in [1.807, 2.05) is 6.92 Å². The van der Waals surface area contributed by atoms with Crippen molar-refractivity contribution in [2.45, 2.75) is 46.7 Å². The number of benzene rings is 1. The van der Waals surface area contributed by atoms with Crippen LogP contribution in [-0.4, -0.2) is 9.55 Å². The van der Waals surface area contributed by atoms with Gasteiger partial charge in [0.2, 0.25) is 0 Å². The predicted octanol–water partition coefficient (Wildman–Crippen LogP) is 3.27. The molecule has 0 radical (unpaired) electrons. The maximum absolute atomic E-state index is 6.04. The summed E-state index contributed by atoms with van der Waals surface area (Å²) in [6, 6.07) is 6.51. The number of imidazole rings is 1. The van der Waals surface area contributed by atoms with Crippen molar-refractivity contribution in [3.05, 3.63) is 29.6 Å². The monoisotopic (exact) mass is 245 g/mol. The van der Waals surface area contributed by atoms with Crippen LogP contribution in [0.25, 0.3) is 11.0 Å². The Balaban J connectivity index is 2.59. The average Bonchev–Trinajstić information content (AvgIpc) is 2.66. The lowest BCUT2D eigenvalue weighted by atomic mass is 10.1. The third-order valence-corrected chi connectivity index (χ3v) is 3.21. The molecule has 98 valence electrons. The Morgan fingerprint density at radius 3 is 2.56 bits per heavy atom. The number of fused-ring (bicyclic) bond motifs is 1. The van der Waals surface area contributed by atoms with Crippen LogP contribution in [0.5, 0.6) is 0 Å². The van der Waals surface area contributed by atoms with Gasteiger partial charge in [0.05, 0.1) is 17.1 Å². The normalized spacial score (nSPS) is 13.4. The summed E-state index contributed by atoms with van der Waals surface area (Å²) in [5.41, 5.74) is 9.64. The summed E-state index contributed by atoms with van der Waals surface area (Å²) >= 11 is 0. The number of nitrogens with zero attached hydrogens (tertiary/aromatic N) is 2. The SMILES string of the molecule is CCc1ccc2c(c1)nc(C(C)N)n2CC(C)C. The van der Waals surface area contributed by atoms with Crippen LogP contribution in [0.4, 0.5) is 0 Å². The molecule has 0 aliphatic heterocycles. The second-order valence-electron chi connectivity index (χ2n) is 5.44. The molecule has 1 aromatic carbocycles. The highest BCUT2D eigenvalue weighted by molar-refractivity contribution is 5.77. The van der Waals surface area contributed by atoms with Gasteiger partial charge in [-0.05, 0) is 37.0 Å². The molecule has 3 nitrogen and oxygen atoms in total. The van der Waals surface area contributed by atoms with Crippen LogP contribution in [0.15, 0.2) is 18.2 Å². The molecule has 1 aromatic heterocycles. The van der Waals surface area contributed by atoms with Crippen LogP contribution in [0.3, 0.4) is 0 Å². The maximum Gasteiger partial charge on any atom is 0.126 e. The lowest BCUT2D eigenvalue weighted by molar-refractivity contribution is 0.505. The van der Waals surface area contributed by atoms with Crippen molar-refractivity contribution in [2.75, 3.05) is 0 Å². The van der Waals surface area contributed by atoms with Crippen LogP contribution in [-0.2, 0) is 13.0 Å². The van der Waals surface area contributed by atoms with Gasteiger partial charge in [-0.1, -0.05) is 26.8 Å². The Kier molecular flexibility index (Phi) is 3.71. The van der Waals surface area contributed by atoms with Gasteiger partial charge in [-0.15, -0.1) is 0 Å². The van der Waals surface area contributed by atoms with E-state index >= 15 is 0 Å². The second-order valence-corrected chi connectivity index (χ2v) is 5.44. The third kappa shape index (κ3) is 2.41. The lowest BCUT2D eigenvalue weighted by Crippen LogP contribution is -2.15. The first-order valence-corrected chi connectivity index (χ1v) is 6.77. The third-order valence-electron chi connectivity index (χ3n) is 3.21. The predicted molar refractivity (Wildman–Crippen MR) is 76.6 cm³/mol. The van der Waals surface area contributed by atoms with E-state index in [9.17, 15) is 0 Å². The molecule has 0 saturated heterocycles. The number of rotatable bonds is 4. The average molecular weight is 245 g/mol. The van der Waals surface area contributed by atoms with Gasteiger partial charge in [0.1, 0.15) is 5.82 Å². The van der Waals surface area contributed by atoms with Gasteiger partial charge in [0.25, 0.3) is 0 Å². The fourth-order valence-electron chi connectivity index (χ4n) is 2.32. The first kappa shape index (κ1) is 13.1. The number of aromatic nitrogens is 2. The maximum atomic E-state index is 6.04. The molecule has 0 aliphatic carbocycles. The Morgan fingerprint density at radius 2 is 2.00 bits per heavy atom. The van der Waals surface area contributed by atoms with Crippen LogP contribution in [0.2, 0.25) is 0 Å². The smallest absolute Gasteiger partial charge is 0.126 e. The van der Waals surface area contributed by atoms with E-state index in [4.69, 9.17) is 10.7 Å². The van der Waals surface area contributed by atoms with Crippen molar-refractivity contribution in [2.24, 2.45) is 11.7 Å². The molecule has 0 aliphatic rings. The van der Waals surface area contributed by atoms with Crippen molar-refractivity contribution < 1.29 is 0 Å². The number of hydrogen-bond acceptors (Lipinski definition) is 2. The van der Waals surface area contributed by atoms with Gasteiger partial charge in [0.15, 0.2) is 0 Å². The van der Waals surface area contributed by atoms with E-state index in [-0.39, 0.29) is 6.04 Å². The number of aryl methyl sites for hydroxylation is 1. The molecule has 0 saturated carbocycles. The van der Waals surface area contributed by atoms with Crippen molar-refractivity contribution >= 4 is 11.0 Å². The van der Waals surface area contributed by atoms with Crippen molar-refractivity contribution in [3.8, 4) is 0 Å². The van der Waals surface area contributed by atoms with Gasteiger partial charge < -0.3 is 10.3 Å². The summed E-state index contributed by atoms with van der Waals surface area (Å²) in [7, 11) is 0. The Bertz CT molecular complexity index is 538. The molecule has 1 heterocycles. The van der Waals surface area contributed by atoms with E-state index in [1.165, 1.54) is 11.1 Å². The first-order valence-electron chi connectivity index (χ1n) is 6.77. The van der Waals surface area contributed by atoms with Gasteiger partial charge in [0, 0.05) is 6.54 Å². The zero-order valence-electron chi connectivity index (χ0n) is 11.8. The number of nitrogens with two attached hydrogens (primary N) is 1. The van der Waals surface area contributed by atoms with Gasteiger partial charge in [-0.3, -0.25) is 0 Å². The van der Waals surface area contributed by atoms with E-state index < -0.39 is 0 Å². The summed E-state index contributed by atoms with van der Waals surface area (Å²) in [6.45, 7) is 9.57. The Labute approximate surface area is 109 Å². The summed E-state index contributed by atoms with van der Waals surface area (Å²) < 4.78 is 2.27. The highest BCUT2D eigenvalue weighted by Gasteiger charge is 2.14. The quantitative estimate of drug-likeness (QED) is 0.898. The standard InChI is InChI=1S/C15H23N3/c1-5-12-6-7-14-13(8-12)17-15(11(4)16)18(14)9-10(2)3/h6-8,10-11H,5,9,16H2,1-4H3. The zero-order chi connectivity index (χ0) is 13.3. The Morgan fingerprint density at radius 1 is 1.28 bits per heavy atom. The molecule has 0 amide bonds. The topological polar surface area (TPSA) is 43.8 Å². The molecular formula is C15H23N3. The van der Waals surface area contributed by atoms with Crippen molar-refractivity contribution in [1.29, 1.82) is 0 Å². The Hall–Kier alpha value is -1.35. The summed E-state index contributed by atoms with van der Waals surface area (Å²) in [6.07, 6.45) is 1.04. The minimum absolute atomic E-state index is 0.0266. The van der Waals surface area contributed by atoms with E-state index in [0.29, 0.717) is 5.92 Å². The first-order chi connectivity index (χ1) is 8.52. The van der Waals surface area contributed by atoms with Crippen molar-refractivity contribution in [3.63, 3.8) is 0 Å². The van der Waals surface area contributed by atoms with Gasteiger partial charge in [-0.2, -0.15) is 0 Å². The molecule has 18 heavy (non-hydrogen) atoms. The highest BCUT2D eigenvalue weighted by atomic mass is 15.1. The summed E-state index contributed by atoms with van der Waals surface area (Å²) in [5.74, 6) is 1.58. The lowest BCUT2D eigenvalue weighted by Gasteiger charge is -2.13. The van der Waals surface area contributed by atoms with E-state index in [2.05, 4.69) is 43.5 Å². The molecule has 3 heteroatoms. The van der Waals surface area contributed by atoms with Crippen LogP contribution in [0.1, 0.15) is 45.1 Å². The molecule has 2 rings (SSSR count). The fourth-order valence-corrected chi connectivity index (χ4v) is 2.32. The minimum atomic E-state index is -0.0266. The molecule has 2 N–H and O–H groups in total. The molecule has 0 spiro atoms. The van der Waals surface area contributed by atoms with E-state index in [1.54, 1.807) is 0 Å². The van der Waals surface area contributed by atoms with Crippen molar-refractivity contribution in [1.82, 2.24) is 9.55 Å². The number of hydrogen-bond donors (Lipinski definition) is 1. The minimum Gasteiger partial charge on any atom is -0.326 e. The molecular weight excluding hydrogens is 222 g/mol. The zero-order valence-corrected chi connectivity index (χ0v) is 11.8. The van der Waals surface area contributed by atoms with Gasteiger partial charge >= 0.3 is 0 Å². The molecule has 2 aromatic rings. The second kappa shape index (κ2) is 5.11. The molecule has 1 atom stereocenters.